The second-order valence-corrected chi connectivity index (χ2v) is 10.7. The Morgan fingerprint density at radius 2 is 1.29 bits per heavy atom. The Hall–Kier alpha value is -2.06. The van der Waals surface area contributed by atoms with Gasteiger partial charge in [0.1, 0.15) is 0 Å². The van der Waals surface area contributed by atoms with Gasteiger partial charge in [-0.3, -0.25) is 0 Å². The Labute approximate surface area is 176 Å². The van der Waals surface area contributed by atoms with E-state index >= 15 is 0 Å². The lowest BCUT2D eigenvalue weighted by molar-refractivity contribution is 0.591. The molecule has 4 aromatic rings. The third-order valence-corrected chi connectivity index (χ3v) is 6.06. The monoisotopic (exact) mass is 433 g/mol. The summed E-state index contributed by atoms with van der Waals surface area (Å²) >= 11 is 3.65. The average molecular weight is 434 g/mol. The second-order valence-electron chi connectivity index (χ2n) is 9.78. The van der Waals surface area contributed by atoms with E-state index in [2.05, 4.69) is 123 Å². The van der Waals surface area contributed by atoms with Crippen molar-refractivity contribution in [1.29, 1.82) is 0 Å². The Balaban J connectivity index is 2.13. The van der Waals surface area contributed by atoms with Crippen molar-refractivity contribution in [3.8, 4) is 5.69 Å². The highest BCUT2D eigenvalue weighted by molar-refractivity contribution is 9.10. The van der Waals surface area contributed by atoms with Crippen molar-refractivity contribution in [3.63, 3.8) is 0 Å². The standard InChI is InChI=1S/C26H28BrN/c1-25(2,3)17-11-13-23-22(14-17)21-12-10-18(26(4,5)6)15-24(21)28(23)20-9-7-8-19(27)16-20/h7-16H,1-6H3. The fourth-order valence-electron chi connectivity index (χ4n) is 3.85. The Bertz CT molecular complexity index is 1180. The maximum atomic E-state index is 3.65. The molecule has 0 atom stereocenters. The number of nitrogens with zero attached hydrogens (tertiary/aromatic N) is 1. The zero-order chi connectivity index (χ0) is 20.3. The summed E-state index contributed by atoms with van der Waals surface area (Å²) in [6.45, 7) is 13.7. The van der Waals surface area contributed by atoms with Gasteiger partial charge < -0.3 is 4.57 Å². The van der Waals surface area contributed by atoms with Gasteiger partial charge in [-0.2, -0.15) is 0 Å². The lowest BCUT2D eigenvalue weighted by atomic mass is 9.85. The largest absolute Gasteiger partial charge is 0.309 e. The molecule has 3 aromatic carbocycles. The molecule has 0 bridgehead atoms. The van der Waals surface area contributed by atoms with Crippen LogP contribution in [0.5, 0.6) is 0 Å². The summed E-state index contributed by atoms with van der Waals surface area (Å²) in [6, 6.07) is 22.5. The van der Waals surface area contributed by atoms with Gasteiger partial charge in [-0.15, -0.1) is 0 Å². The number of hydrogen-bond donors (Lipinski definition) is 0. The number of fused-ring (bicyclic) bond motifs is 3. The first-order valence-electron chi connectivity index (χ1n) is 9.91. The number of rotatable bonds is 1. The normalized spacial score (nSPS) is 12.8. The lowest BCUT2D eigenvalue weighted by Gasteiger charge is -2.19. The highest BCUT2D eigenvalue weighted by atomic mass is 79.9. The molecular weight excluding hydrogens is 406 g/mol. The van der Waals surface area contributed by atoms with Crippen molar-refractivity contribution in [2.24, 2.45) is 0 Å². The van der Waals surface area contributed by atoms with Crippen LogP contribution in [0.4, 0.5) is 0 Å². The number of hydrogen-bond acceptors (Lipinski definition) is 0. The maximum absolute atomic E-state index is 3.65. The van der Waals surface area contributed by atoms with E-state index in [1.807, 2.05) is 0 Å². The molecule has 0 aliphatic heterocycles. The van der Waals surface area contributed by atoms with Gasteiger partial charge in [-0.05, 0) is 58.4 Å². The summed E-state index contributed by atoms with van der Waals surface area (Å²) in [6.07, 6.45) is 0. The minimum atomic E-state index is 0.114. The lowest BCUT2D eigenvalue weighted by Crippen LogP contribution is -2.10. The molecule has 0 aliphatic rings. The van der Waals surface area contributed by atoms with Gasteiger partial charge in [0, 0.05) is 20.9 Å². The van der Waals surface area contributed by atoms with Gasteiger partial charge in [-0.25, -0.2) is 0 Å². The Morgan fingerprint density at radius 3 is 1.93 bits per heavy atom. The van der Waals surface area contributed by atoms with E-state index < -0.39 is 0 Å². The summed E-state index contributed by atoms with van der Waals surface area (Å²) in [5.74, 6) is 0. The zero-order valence-corrected chi connectivity index (χ0v) is 19.2. The summed E-state index contributed by atoms with van der Waals surface area (Å²) in [5, 5.41) is 2.64. The number of halogens is 1. The minimum Gasteiger partial charge on any atom is -0.309 e. The highest BCUT2D eigenvalue weighted by Gasteiger charge is 2.20. The summed E-state index contributed by atoms with van der Waals surface area (Å²) in [5.41, 5.74) is 6.68. The maximum Gasteiger partial charge on any atom is 0.0544 e. The quantitative estimate of drug-likeness (QED) is 0.285. The van der Waals surface area contributed by atoms with Crippen molar-refractivity contribution in [2.45, 2.75) is 52.4 Å². The molecular formula is C26H28BrN. The van der Waals surface area contributed by atoms with Gasteiger partial charge >= 0.3 is 0 Å². The Kier molecular flexibility index (Phi) is 4.46. The van der Waals surface area contributed by atoms with E-state index in [0.717, 1.165) is 4.47 Å². The minimum absolute atomic E-state index is 0.114. The summed E-state index contributed by atoms with van der Waals surface area (Å²) in [7, 11) is 0. The molecule has 1 nitrogen and oxygen atoms in total. The van der Waals surface area contributed by atoms with Crippen molar-refractivity contribution in [2.75, 3.05) is 0 Å². The second kappa shape index (κ2) is 6.49. The van der Waals surface area contributed by atoms with E-state index in [1.165, 1.54) is 38.6 Å². The molecule has 0 unspecified atom stereocenters. The van der Waals surface area contributed by atoms with E-state index in [1.54, 1.807) is 0 Å². The molecule has 4 rings (SSSR count). The van der Waals surface area contributed by atoms with Crippen LogP contribution in [0.1, 0.15) is 52.7 Å². The van der Waals surface area contributed by atoms with Crippen LogP contribution in [-0.2, 0) is 10.8 Å². The molecule has 0 saturated heterocycles. The van der Waals surface area contributed by atoms with E-state index in [-0.39, 0.29) is 10.8 Å². The number of benzene rings is 3. The van der Waals surface area contributed by atoms with Crippen molar-refractivity contribution in [3.05, 3.63) is 76.3 Å². The van der Waals surface area contributed by atoms with E-state index in [9.17, 15) is 0 Å². The zero-order valence-electron chi connectivity index (χ0n) is 17.6. The van der Waals surface area contributed by atoms with Gasteiger partial charge in [0.15, 0.2) is 0 Å². The van der Waals surface area contributed by atoms with Gasteiger partial charge in [0.2, 0.25) is 0 Å². The Morgan fingerprint density at radius 1 is 0.643 bits per heavy atom. The predicted octanol–water partition coefficient (Wildman–Crippen LogP) is 8.14. The molecule has 0 aliphatic carbocycles. The fourth-order valence-corrected chi connectivity index (χ4v) is 4.23. The summed E-state index contributed by atoms with van der Waals surface area (Å²) in [4.78, 5) is 0. The van der Waals surface area contributed by atoms with Crippen LogP contribution in [0.25, 0.3) is 27.5 Å². The molecule has 1 aromatic heterocycles. The molecule has 0 spiro atoms. The fraction of sp³-hybridized carbons (Fsp3) is 0.308. The van der Waals surface area contributed by atoms with Crippen molar-refractivity contribution < 1.29 is 0 Å². The van der Waals surface area contributed by atoms with Gasteiger partial charge in [0.25, 0.3) is 0 Å². The van der Waals surface area contributed by atoms with Gasteiger partial charge in [0.05, 0.1) is 11.0 Å². The van der Waals surface area contributed by atoms with Crippen LogP contribution >= 0.6 is 15.9 Å². The first-order valence-corrected chi connectivity index (χ1v) is 10.7. The molecule has 0 saturated carbocycles. The average Bonchev–Trinajstić information content (AvgIpc) is 2.93. The molecule has 0 fully saturated rings. The van der Waals surface area contributed by atoms with Crippen LogP contribution < -0.4 is 0 Å². The number of aromatic nitrogens is 1. The smallest absolute Gasteiger partial charge is 0.0544 e. The van der Waals surface area contributed by atoms with E-state index in [4.69, 9.17) is 0 Å². The molecule has 0 amide bonds. The van der Waals surface area contributed by atoms with Crippen molar-refractivity contribution in [1.82, 2.24) is 4.57 Å². The van der Waals surface area contributed by atoms with Crippen molar-refractivity contribution >= 4 is 37.7 Å². The molecule has 28 heavy (non-hydrogen) atoms. The SMILES string of the molecule is CC(C)(C)c1ccc2c(c1)c1ccc(C(C)(C)C)cc1n2-c1cccc(Br)c1. The van der Waals surface area contributed by atoms with Gasteiger partial charge in [-0.1, -0.05) is 81.7 Å². The van der Waals surface area contributed by atoms with Crippen LogP contribution in [0.3, 0.4) is 0 Å². The van der Waals surface area contributed by atoms with Crippen LogP contribution in [0.2, 0.25) is 0 Å². The van der Waals surface area contributed by atoms with Crippen LogP contribution in [-0.4, -0.2) is 4.57 Å². The topological polar surface area (TPSA) is 4.93 Å². The third-order valence-electron chi connectivity index (χ3n) is 5.56. The molecule has 2 heteroatoms. The molecule has 0 radical (unpaired) electrons. The first kappa shape index (κ1) is 19.3. The highest BCUT2D eigenvalue weighted by Crippen LogP contribution is 2.37. The molecule has 0 N–H and O–H groups in total. The van der Waals surface area contributed by atoms with E-state index in [0.29, 0.717) is 0 Å². The molecule has 1 heterocycles. The summed E-state index contributed by atoms with van der Waals surface area (Å²) < 4.78 is 3.50. The molecule has 144 valence electrons. The predicted molar refractivity (Wildman–Crippen MR) is 126 cm³/mol. The third kappa shape index (κ3) is 3.28. The van der Waals surface area contributed by atoms with Crippen LogP contribution in [0.15, 0.2) is 65.1 Å². The first-order chi connectivity index (χ1) is 13.1. The van der Waals surface area contributed by atoms with Crippen LogP contribution in [0, 0.1) is 0 Å².